The average molecular weight is 574 g/mol. The van der Waals surface area contributed by atoms with E-state index >= 15 is 0 Å². The van der Waals surface area contributed by atoms with E-state index in [0.717, 1.165) is 54.9 Å². The molecule has 3 heteroatoms. The Morgan fingerprint density at radius 2 is 0.800 bits per heavy atom. The van der Waals surface area contributed by atoms with Crippen LogP contribution in [-0.2, 0) is 0 Å². The minimum Gasteiger partial charge on any atom is -0.454 e. The van der Waals surface area contributed by atoms with Gasteiger partial charge >= 0.3 is 0 Å². The number of rotatable bonds is 2. The van der Waals surface area contributed by atoms with Gasteiger partial charge in [-0.05, 0) is 58.7 Å². The van der Waals surface area contributed by atoms with Crippen LogP contribution in [0.3, 0.4) is 0 Å². The average Bonchev–Trinajstić information content (AvgIpc) is 3.84. The van der Waals surface area contributed by atoms with E-state index in [-0.39, 0.29) is 0 Å². The molecule has 0 bridgehead atoms. The van der Waals surface area contributed by atoms with Crippen LogP contribution in [-0.4, -0.2) is 4.40 Å². The Morgan fingerprint density at radius 1 is 0.333 bits per heavy atom. The summed E-state index contributed by atoms with van der Waals surface area (Å²) >= 11 is 0. The molecule has 11 aromatic rings. The van der Waals surface area contributed by atoms with Crippen molar-refractivity contribution in [1.82, 2.24) is 4.40 Å². The zero-order valence-electron chi connectivity index (χ0n) is 24.0. The number of aromatic nitrogens is 1. The van der Waals surface area contributed by atoms with Gasteiger partial charge in [-0.1, -0.05) is 103 Å². The third kappa shape index (κ3) is 2.95. The summed E-state index contributed by atoms with van der Waals surface area (Å²) in [5.41, 5.74) is 11.8. The normalized spacial score (nSPS) is 12.4. The van der Waals surface area contributed by atoms with Gasteiger partial charge in [-0.15, -0.1) is 0 Å². The molecule has 3 nitrogen and oxygen atoms in total. The monoisotopic (exact) mass is 573 g/mol. The Hall–Kier alpha value is -6.06. The van der Waals surface area contributed by atoms with E-state index < -0.39 is 0 Å². The SMILES string of the molecule is c1ccc(-c2ccccc2-c2cc3c4ccc5c6ccccc6oc5c4n4c3c(c2)c2ccc3c5ccccc5oc3c24)cc1. The smallest absolute Gasteiger partial charge is 0.160 e. The van der Waals surface area contributed by atoms with E-state index in [9.17, 15) is 0 Å². The Labute approximate surface area is 256 Å². The maximum Gasteiger partial charge on any atom is 0.160 e. The molecule has 0 aliphatic heterocycles. The number of para-hydroxylation sites is 2. The molecule has 11 rings (SSSR count). The van der Waals surface area contributed by atoms with E-state index in [2.05, 4.69) is 132 Å². The van der Waals surface area contributed by atoms with Gasteiger partial charge in [-0.3, -0.25) is 0 Å². The van der Waals surface area contributed by atoms with E-state index in [1.807, 2.05) is 12.1 Å². The fourth-order valence-corrected chi connectivity index (χ4v) is 7.81. The molecule has 0 spiro atoms. The lowest BCUT2D eigenvalue weighted by atomic mass is 9.92. The molecule has 0 aliphatic carbocycles. The van der Waals surface area contributed by atoms with Crippen LogP contribution in [0.25, 0.3) is 104 Å². The fraction of sp³-hybridized carbons (Fsp3) is 0. The van der Waals surface area contributed by atoms with Crippen molar-refractivity contribution in [1.29, 1.82) is 0 Å². The summed E-state index contributed by atoms with van der Waals surface area (Å²) in [6.07, 6.45) is 0. The molecule has 0 N–H and O–H groups in total. The predicted octanol–water partition coefficient (Wildman–Crippen LogP) is 12.0. The molecule has 0 saturated carbocycles. The number of furan rings is 2. The summed E-state index contributed by atoms with van der Waals surface area (Å²) in [5.74, 6) is 0. The van der Waals surface area contributed by atoms with E-state index in [0.29, 0.717) is 0 Å². The highest BCUT2D eigenvalue weighted by molar-refractivity contribution is 6.32. The quantitative estimate of drug-likeness (QED) is 0.206. The fourth-order valence-electron chi connectivity index (χ4n) is 7.81. The molecule has 0 fully saturated rings. The van der Waals surface area contributed by atoms with Gasteiger partial charge in [0.1, 0.15) is 11.2 Å². The van der Waals surface area contributed by atoms with E-state index in [4.69, 9.17) is 8.83 Å². The largest absolute Gasteiger partial charge is 0.454 e. The van der Waals surface area contributed by atoms with Crippen LogP contribution < -0.4 is 0 Å². The topological polar surface area (TPSA) is 30.7 Å². The second-order valence-corrected chi connectivity index (χ2v) is 12.0. The third-order valence-electron chi connectivity index (χ3n) is 9.73. The number of hydrogen-bond donors (Lipinski definition) is 0. The Balaban J connectivity index is 1.37. The van der Waals surface area contributed by atoms with Crippen molar-refractivity contribution >= 4 is 82.0 Å². The summed E-state index contributed by atoms with van der Waals surface area (Å²) in [7, 11) is 0. The van der Waals surface area contributed by atoms with Crippen molar-refractivity contribution in [3.8, 4) is 22.3 Å². The molecule has 7 aromatic carbocycles. The Morgan fingerprint density at radius 3 is 1.38 bits per heavy atom. The van der Waals surface area contributed by atoms with Gasteiger partial charge in [0.2, 0.25) is 0 Å². The Kier molecular flexibility index (Phi) is 4.32. The van der Waals surface area contributed by atoms with Crippen molar-refractivity contribution in [2.24, 2.45) is 0 Å². The highest BCUT2D eigenvalue weighted by Gasteiger charge is 2.25. The second-order valence-electron chi connectivity index (χ2n) is 12.0. The maximum absolute atomic E-state index is 6.69. The summed E-state index contributed by atoms with van der Waals surface area (Å²) in [6, 6.07) is 49.8. The minimum absolute atomic E-state index is 0.899. The van der Waals surface area contributed by atoms with Crippen molar-refractivity contribution in [3.05, 3.63) is 140 Å². The van der Waals surface area contributed by atoms with Crippen LogP contribution in [0.4, 0.5) is 0 Å². The van der Waals surface area contributed by atoms with Gasteiger partial charge in [0, 0.05) is 43.1 Å². The number of benzene rings is 7. The van der Waals surface area contributed by atoms with Gasteiger partial charge in [-0.2, -0.15) is 0 Å². The Bertz CT molecular complexity index is 2820. The highest BCUT2D eigenvalue weighted by Crippen LogP contribution is 2.48. The van der Waals surface area contributed by atoms with Crippen LogP contribution in [0.2, 0.25) is 0 Å². The highest BCUT2D eigenvalue weighted by atomic mass is 16.3. The van der Waals surface area contributed by atoms with Crippen LogP contribution in [0.1, 0.15) is 0 Å². The summed E-state index contributed by atoms with van der Waals surface area (Å²) in [4.78, 5) is 0. The molecule has 0 atom stereocenters. The first-order chi connectivity index (χ1) is 22.3. The molecular weight excluding hydrogens is 550 g/mol. The zero-order chi connectivity index (χ0) is 29.2. The first-order valence-corrected chi connectivity index (χ1v) is 15.4. The van der Waals surface area contributed by atoms with Crippen molar-refractivity contribution in [2.45, 2.75) is 0 Å². The molecule has 4 heterocycles. The summed E-state index contributed by atoms with van der Waals surface area (Å²) < 4.78 is 15.8. The lowest BCUT2D eigenvalue weighted by Gasteiger charge is -2.11. The second kappa shape index (κ2) is 8.31. The lowest BCUT2D eigenvalue weighted by molar-refractivity contribution is 0.670. The molecule has 0 amide bonds. The van der Waals surface area contributed by atoms with E-state index in [1.165, 1.54) is 49.3 Å². The van der Waals surface area contributed by atoms with Crippen molar-refractivity contribution in [2.75, 3.05) is 0 Å². The maximum atomic E-state index is 6.69. The number of fused-ring (bicyclic) bond motifs is 14. The number of nitrogens with zero attached hydrogens (tertiary/aromatic N) is 1. The molecule has 0 radical (unpaired) electrons. The first kappa shape index (κ1) is 23.4. The van der Waals surface area contributed by atoms with Gasteiger partial charge in [0.25, 0.3) is 0 Å². The molecule has 45 heavy (non-hydrogen) atoms. The van der Waals surface area contributed by atoms with Crippen LogP contribution in [0, 0.1) is 0 Å². The van der Waals surface area contributed by atoms with E-state index in [1.54, 1.807) is 0 Å². The summed E-state index contributed by atoms with van der Waals surface area (Å²) in [5, 5.41) is 9.28. The third-order valence-corrected chi connectivity index (χ3v) is 9.73. The summed E-state index contributed by atoms with van der Waals surface area (Å²) in [6.45, 7) is 0. The van der Waals surface area contributed by atoms with Gasteiger partial charge < -0.3 is 13.2 Å². The predicted molar refractivity (Wildman–Crippen MR) is 187 cm³/mol. The van der Waals surface area contributed by atoms with Gasteiger partial charge in [0.05, 0.1) is 16.6 Å². The lowest BCUT2D eigenvalue weighted by Crippen LogP contribution is -1.85. The van der Waals surface area contributed by atoms with Crippen molar-refractivity contribution < 1.29 is 8.83 Å². The van der Waals surface area contributed by atoms with Gasteiger partial charge in [0.15, 0.2) is 11.2 Å². The van der Waals surface area contributed by atoms with Gasteiger partial charge in [-0.25, -0.2) is 0 Å². The molecule has 4 aromatic heterocycles. The molecule has 208 valence electrons. The molecular formula is C42H23NO2. The van der Waals surface area contributed by atoms with Crippen LogP contribution >= 0.6 is 0 Å². The van der Waals surface area contributed by atoms with Crippen LogP contribution in [0.5, 0.6) is 0 Å². The standard InChI is InChI=1S/C42H23NO2/c1-2-10-24(11-3-1)26-12-4-5-13-27(26)25-22-34-30-18-20-32-28-14-6-8-16-36(28)44-41(32)39(30)43-38(34)35(23-25)31-19-21-33-29-15-7-9-17-37(29)45-42(33)40(31)43/h1-23H. The van der Waals surface area contributed by atoms with Crippen molar-refractivity contribution in [3.63, 3.8) is 0 Å². The zero-order valence-corrected chi connectivity index (χ0v) is 24.0. The first-order valence-electron chi connectivity index (χ1n) is 15.4. The van der Waals surface area contributed by atoms with Crippen LogP contribution in [0.15, 0.2) is 148 Å². The number of hydrogen-bond acceptors (Lipinski definition) is 2. The minimum atomic E-state index is 0.899. The molecule has 0 saturated heterocycles. The molecule has 0 unspecified atom stereocenters. The molecule has 0 aliphatic rings.